The fraction of sp³-hybridized carbons (Fsp3) is 0.846. The van der Waals surface area contributed by atoms with Crippen LogP contribution in [0.4, 0.5) is 0 Å². The summed E-state index contributed by atoms with van der Waals surface area (Å²) in [6.45, 7) is 6.02. The Kier molecular flexibility index (Phi) is 18.1. The fourth-order valence-electron chi connectivity index (χ4n) is 4.55. The first-order chi connectivity index (χ1) is 20.2. The molecule has 0 bridgehead atoms. The Hall–Kier alpha value is -2.44. The Bertz CT molecular complexity index is 774. The van der Waals surface area contributed by atoms with Crippen molar-refractivity contribution in [2.75, 3.05) is 144 Å². The Balaban J connectivity index is 2.09. The van der Waals surface area contributed by atoms with Gasteiger partial charge in [-0.25, -0.2) is 0 Å². The van der Waals surface area contributed by atoms with Gasteiger partial charge in [0, 0.05) is 65.4 Å². The van der Waals surface area contributed by atoms with Crippen LogP contribution in [0.25, 0.3) is 0 Å². The van der Waals surface area contributed by atoms with Crippen molar-refractivity contribution in [2.24, 2.45) is 0 Å². The quantitative estimate of drug-likeness (QED) is 0.261. The van der Waals surface area contributed by atoms with Gasteiger partial charge in [-0.2, -0.15) is 0 Å². The topological polar surface area (TPSA) is 182 Å². The first-order valence-electron chi connectivity index (χ1n) is 14.4. The van der Waals surface area contributed by atoms with E-state index in [0.29, 0.717) is 118 Å². The van der Waals surface area contributed by atoms with E-state index in [1.165, 1.54) is 0 Å². The first-order valence-corrected chi connectivity index (χ1v) is 14.4. The summed E-state index contributed by atoms with van der Waals surface area (Å²) < 4.78 is 22.1. The number of rotatable bonds is 8. The molecule has 0 unspecified atom stereocenters. The highest BCUT2D eigenvalue weighted by Crippen LogP contribution is 2.03. The van der Waals surface area contributed by atoms with Crippen LogP contribution in [0.1, 0.15) is 0 Å². The molecule has 0 aromatic heterocycles. The van der Waals surface area contributed by atoms with Crippen LogP contribution < -0.4 is 0 Å². The summed E-state index contributed by atoms with van der Waals surface area (Å²) in [6, 6.07) is 0. The van der Waals surface area contributed by atoms with Crippen molar-refractivity contribution >= 4 is 23.8 Å². The molecule has 0 radical (unpaired) electrons. The second kappa shape index (κ2) is 21.3. The number of carbonyl (C=O) groups excluding carboxylic acids is 1. The normalized spacial score (nSPS) is 21.8. The number of hydrogen-bond acceptors (Lipinski definition) is 12. The lowest BCUT2D eigenvalue weighted by Crippen LogP contribution is -2.50. The van der Waals surface area contributed by atoms with E-state index < -0.39 is 17.9 Å². The molecule has 0 saturated carbocycles. The van der Waals surface area contributed by atoms with Gasteiger partial charge in [0.1, 0.15) is 0 Å². The highest BCUT2D eigenvalue weighted by molar-refractivity contribution is 5.78. The van der Waals surface area contributed by atoms with E-state index in [1.54, 1.807) is 19.6 Å². The molecule has 1 amide bonds. The fourth-order valence-corrected chi connectivity index (χ4v) is 4.55. The Morgan fingerprint density at radius 1 is 0.405 bits per heavy atom. The molecule has 2 heterocycles. The molecule has 0 aliphatic carbocycles. The first kappa shape index (κ1) is 35.8. The second-order valence-electron chi connectivity index (χ2n) is 10.1. The standard InChI is InChI=1S/C26H47N5O11/c32-23(31-9-11-39-13-15-41-17-18-42-16-14-40-12-10-31)19-27-1-3-28(20-24(33)34)5-7-30(22-26(37)38)8-6-29(4-2-27)21-25(35)36/h1-22H2,(H,33,34)(H,35,36)(H,37,38). The minimum atomic E-state index is -1.01. The van der Waals surface area contributed by atoms with E-state index in [9.17, 15) is 34.5 Å². The van der Waals surface area contributed by atoms with Crippen LogP contribution in [-0.4, -0.2) is 208 Å². The average molecular weight is 606 g/mol. The lowest BCUT2D eigenvalue weighted by molar-refractivity contribution is -0.141. The molecular weight excluding hydrogens is 558 g/mol. The molecular formula is C26H47N5O11. The molecule has 16 heteroatoms. The largest absolute Gasteiger partial charge is 0.480 e. The minimum Gasteiger partial charge on any atom is -0.480 e. The predicted molar refractivity (Wildman–Crippen MR) is 149 cm³/mol. The SMILES string of the molecule is O=C(O)CN1CCN(CC(=O)O)CCN(CC(=O)N2CCOCCOCCOCCOCC2)CCN(CC(=O)O)CC1. The summed E-state index contributed by atoms with van der Waals surface area (Å²) in [5.74, 6) is -3.16. The van der Waals surface area contributed by atoms with Crippen molar-refractivity contribution < 1.29 is 53.4 Å². The minimum absolute atomic E-state index is 0.0547. The smallest absolute Gasteiger partial charge is 0.317 e. The summed E-state index contributed by atoms with van der Waals surface area (Å²) in [5, 5.41) is 28.1. The summed E-state index contributed by atoms with van der Waals surface area (Å²) in [7, 11) is 0. The lowest BCUT2D eigenvalue weighted by atomic mass is 10.3. The number of aliphatic carboxylic acids is 3. The molecule has 0 atom stereocenters. The molecule has 2 aliphatic rings. The van der Waals surface area contributed by atoms with Gasteiger partial charge in [0.2, 0.25) is 5.91 Å². The molecule has 2 fully saturated rings. The highest BCUT2D eigenvalue weighted by atomic mass is 16.6. The Morgan fingerprint density at radius 3 is 0.952 bits per heavy atom. The number of hydrogen-bond donors (Lipinski definition) is 3. The van der Waals surface area contributed by atoms with Gasteiger partial charge in [-0.05, 0) is 0 Å². The second-order valence-corrected chi connectivity index (χ2v) is 10.1. The monoisotopic (exact) mass is 605 g/mol. The summed E-state index contributed by atoms with van der Waals surface area (Å²) in [5.41, 5.74) is 0. The highest BCUT2D eigenvalue weighted by Gasteiger charge is 2.23. The third-order valence-corrected chi connectivity index (χ3v) is 6.85. The lowest BCUT2D eigenvalue weighted by Gasteiger charge is -2.33. The van der Waals surface area contributed by atoms with Crippen LogP contribution in [-0.2, 0) is 38.1 Å². The number of carboxylic acid groups (broad SMARTS) is 3. The predicted octanol–water partition coefficient (Wildman–Crippen LogP) is -2.63. The van der Waals surface area contributed by atoms with Crippen LogP contribution in [0.2, 0.25) is 0 Å². The third kappa shape index (κ3) is 16.9. The molecule has 2 saturated heterocycles. The zero-order chi connectivity index (χ0) is 30.6. The summed E-state index contributed by atoms with van der Waals surface area (Å²) in [4.78, 5) is 56.5. The average Bonchev–Trinajstić information content (AvgIpc) is 2.93. The van der Waals surface area contributed by atoms with Crippen molar-refractivity contribution in [1.82, 2.24) is 24.5 Å². The molecule has 0 spiro atoms. The van der Waals surface area contributed by atoms with Gasteiger partial charge < -0.3 is 39.2 Å². The molecule has 3 N–H and O–H groups in total. The molecule has 0 aromatic rings. The van der Waals surface area contributed by atoms with Crippen molar-refractivity contribution in [2.45, 2.75) is 0 Å². The number of ether oxygens (including phenoxy) is 4. The van der Waals surface area contributed by atoms with Gasteiger partial charge in [-0.3, -0.25) is 38.8 Å². The van der Waals surface area contributed by atoms with Gasteiger partial charge in [-0.15, -0.1) is 0 Å². The van der Waals surface area contributed by atoms with E-state index in [2.05, 4.69) is 0 Å². The van der Waals surface area contributed by atoms with Gasteiger partial charge in [-0.1, -0.05) is 0 Å². The van der Waals surface area contributed by atoms with Crippen LogP contribution in [0.3, 0.4) is 0 Å². The van der Waals surface area contributed by atoms with E-state index in [0.717, 1.165) is 0 Å². The van der Waals surface area contributed by atoms with Gasteiger partial charge in [0.25, 0.3) is 0 Å². The number of carbonyl (C=O) groups is 4. The maximum atomic E-state index is 13.4. The maximum absolute atomic E-state index is 13.4. The molecule has 242 valence electrons. The number of amides is 1. The van der Waals surface area contributed by atoms with E-state index >= 15 is 0 Å². The van der Waals surface area contributed by atoms with Gasteiger partial charge in [0.15, 0.2) is 0 Å². The van der Waals surface area contributed by atoms with E-state index in [4.69, 9.17) is 18.9 Å². The zero-order valence-corrected chi connectivity index (χ0v) is 24.4. The van der Waals surface area contributed by atoms with Crippen LogP contribution >= 0.6 is 0 Å². The third-order valence-electron chi connectivity index (χ3n) is 6.85. The number of carboxylic acids is 3. The van der Waals surface area contributed by atoms with Crippen molar-refractivity contribution in [3.63, 3.8) is 0 Å². The molecule has 0 aromatic carbocycles. The van der Waals surface area contributed by atoms with E-state index in [-0.39, 0.29) is 32.1 Å². The molecule has 2 aliphatic heterocycles. The zero-order valence-electron chi connectivity index (χ0n) is 24.4. The van der Waals surface area contributed by atoms with Crippen molar-refractivity contribution in [1.29, 1.82) is 0 Å². The Labute approximate surface area is 246 Å². The molecule has 42 heavy (non-hydrogen) atoms. The van der Waals surface area contributed by atoms with Crippen LogP contribution in [0.5, 0.6) is 0 Å². The van der Waals surface area contributed by atoms with Gasteiger partial charge in [0.05, 0.1) is 79.0 Å². The van der Waals surface area contributed by atoms with Crippen molar-refractivity contribution in [3.8, 4) is 0 Å². The molecule has 2 rings (SSSR count). The van der Waals surface area contributed by atoms with Crippen molar-refractivity contribution in [3.05, 3.63) is 0 Å². The Morgan fingerprint density at radius 2 is 0.667 bits per heavy atom. The van der Waals surface area contributed by atoms with E-state index in [1.807, 2.05) is 4.90 Å². The number of nitrogens with zero attached hydrogens (tertiary/aromatic N) is 5. The summed E-state index contributed by atoms with van der Waals surface area (Å²) in [6.07, 6.45) is 0. The summed E-state index contributed by atoms with van der Waals surface area (Å²) >= 11 is 0. The van der Waals surface area contributed by atoms with Gasteiger partial charge >= 0.3 is 17.9 Å². The maximum Gasteiger partial charge on any atom is 0.317 e. The van der Waals surface area contributed by atoms with Crippen LogP contribution in [0.15, 0.2) is 0 Å². The molecule has 16 nitrogen and oxygen atoms in total. The van der Waals surface area contributed by atoms with Crippen LogP contribution in [0, 0.1) is 0 Å².